The molecule has 0 spiro atoms. The van der Waals surface area contributed by atoms with Crippen LogP contribution in [0.4, 0.5) is 0 Å². The van der Waals surface area contributed by atoms with Crippen LogP contribution in [0.1, 0.15) is 31.1 Å². The van der Waals surface area contributed by atoms with Gasteiger partial charge in [0.25, 0.3) is 8.32 Å². The monoisotopic (exact) mass is 378 g/mol. The smallest absolute Gasteiger partial charge is 0.341 e. The zero-order chi connectivity index (χ0) is 15.7. The molecule has 0 aliphatic carbocycles. The normalized spacial score (nSPS) is 12.2. The zero-order valence-electron chi connectivity index (χ0n) is 12.6. The number of hydrogen-bond acceptors (Lipinski definition) is 3. The molecule has 0 aliphatic rings. The van der Waals surface area contributed by atoms with Crippen molar-refractivity contribution >= 4 is 41.8 Å². The molecule has 20 heavy (non-hydrogen) atoms. The number of halogens is 2. The molecule has 0 atom stereocenters. The van der Waals surface area contributed by atoms with Gasteiger partial charge in [0, 0.05) is 4.47 Å². The van der Waals surface area contributed by atoms with Crippen molar-refractivity contribution in [2.45, 2.75) is 38.9 Å². The van der Waals surface area contributed by atoms with Crippen molar-refractivity contribution in [1.82, 2.24) is 0 Å². The fraction of sp³-hybridized carbons (Fsp3) is 0.500. The molecule has 0 N–H and O–H groups in total. The lowest BCUT2D eigenvalue weighted by molar-refractivity contribution is 0.0598. The molecule has 0 bridgehead atoms. The Morgan fingerprint density at radius 1 is 1.30 bits per heavy atom. The van der Waals surface area contributed by atoms with Crippen LogP contribution < -0.4 is 4.43 Å². The van der Waals surface area contributed by atoms with Crippen LogP contribution in [0.15, 0.2) is 16.6 Å². The minimum atomic E-state index is -2.05. The Labute approximate surface area is 134 Å². The molecule has 0 amide bonds. The molecule has 0 aromatic heterocycles. The minimum absolute atomic E-state index is 0.0342. The first-order valence-corrected chi connectivity index (χ1v) is 10.3. The fourth-order valence-electron chi connectivity index (χ4n) is 1.31. The number of benzene rings is 1. The quantitative estimate of drug-likeness (QED) is 0.530. The summed E-state index contributed by atoms with van der Waals surface area (Å²) in [6.45, 7) is 10.7. The predicted octanol–water partition coefficient (Wildman–Crippen LogP) is 5.27. The summed E-state index contributed by atoms with van der Waals surface area (Å²) in [6, 6.07) is 3.30. The number of carbonyl (C=O) groups excluding carboxylic acids is 1. The molecule has 0 saturated heterocycles. The highest BCUT2D eigenvalue weighted by atomic mass is 79.9. The maximum absolute atomic E-state index is 11.9. The molecule has 1 aromatic rings. The number of carbonyl (C=O) groups is 1. The van der Waals surface area contributed by atoms with Gasteiger partial charge in [0.2, 0.25) is 0 Å². The van der Waals surface area contributed by atoms with E-state index in [1.807, 2.05) is 0 Å². The van der Waals surface area contributed by atoms with E-state index in [-0.39, 0.29) is 5.04 Å². The van der Waals surface area contributed by atoms with Gasteiger partial charge in [-0.05, 0) is 46.2 Å². The summed E-state index contributed by atoms with van der Waals surface area (Å²) in [6.07, 6.45) is 0. The zero-order valence-corrected chi connectivity index (χ0v) is 16.0. The van der Waals surface area contributed by atoms with Crippen molar-refractivity contribution < 1.29 is 14.0 Å². The Kier molecular flexibility index (Phi) is 5.33. The van der Waals surface area contributed by atoms with E-state index in [9.17, 15) is 4.79 Å². The number of hydrogen-bond donors (Lipinski definition) is 0. The second-order valence-corrected chi connectivity index (χ2v) is 12.1. The molecule has 0 saturated carbocycles. The molecule has 1 aromatic carbocycles. The average Bonchev–Trinajstić information content (AvgIpc) is 2.30. The Morgan fingerprint density at radius 2 is 1.85 bits per heavy atom. The Balaban J connectivity index is 3.30. The lowest BCUT2D eigenvalue weighted by atomic mass is 10.2. The van der Waals surface area contributed by atoms with Crippen molar-refractivity contribution in [2.75, 3.05) is 7.11 Å². The summed E-state index contributed by atoms with van der Waals surface area (Å²) in [7, 11) is -0.706. The number of methoxy groups -OCH3 is 1. The van der Waals surface area contributed by atoms with Crippen LogP contribution in [-0.4, -0.2) is 21.4 Å². The SMILES string of the molecule is COC(=O)c1cc(Cl)c(Br)cc1O[Si](C)(C)C(C)(C)C. The van der Waals surface area contributed by atoms with E-state index in [0.29, 0.717) is 20.8 Å². The maximum atomic E-state index is 11.9. The summed E-state index contributed by atoms with van der Waals surface area (Å²) >= 11 is 9.41. The fourth-order valence-corrected chi connectivity index (χ4v) is 2.82. The van der Waals surface area contributed by atoms with Gasteiger partial charge in [-0.1, -0.05) is 32.4 Å². The third kappa shape index (κ3) is 3.77. The van der Waals surface area contributed by atoms with Crippen LogP contribution in [0.25, 0.3) is 0 Å². The number of esters is 1. The third-order valence-corrected chi connectivity index (χ3v) is 9.14. The van der Waals surface area contributed by atoms with E-state index in [4.69, 9.17) is 20.8 Å². The number of rotatable bonds is 3. The molecule has 112 valence electrons. The van der Waals surface area contributed by atoms with Gasteiger partial charge in [0.15, 0.2) is 0 Å². The highest BCUT2D eigenvalue weighted by Crippen LogP contribution is 2.40. The van der Waals surface area contributed by atoms with Crippen LogP contribution in [-0.2, 0) is 4.74 Å². The van der Waals surface area contributed by atoms with Gasteiger partial charge in [-0.2, -0.15) is 0 Å². The lowest BCUT2D eigenvalue weighted by Crippen LogP contribution is -2.44. The Hall–Kier alpha value is -0.523. The van der Waals surface area contributed by atoms with Crippen LogP contribution >= 0.6 is 27.5 Å². The lowest BCUT2D eigenvalue weighted by Gasteiger charge is -2.37. The first-order chi connectivity index (χ1) is 8.99. The van der Waals surface area contributed by atoms with Gasteiger partial charge in [-0.15, -0.1) is 0 Å². The molecule has 0 unspecified atom stereocenters. The molecule has 0 aliphatic heterocycles. The molecule has 0 radical (unpaired) electrons. The van der Waals surface area contributed by atoms with Crippen molar-refractivity contribution in [3.8, 4) is 5.75 Å². The summed E-state index contributed by atoms with van der Waals surface area (Å²) in [5, 5.41) is 0.486. The molecule has 0 fully saturated rings. The third-order valence-electron chi connectivity index (χ3n) is 3.60. The second kappa shape index (κ2) is 6.08. The highest BCUT2D eigenvalue weighted by Gasteiger charge is 2.39. The summed E-state index contributed by atoms with van der Waals surface area (Å²) < 4.78 is 11.7. The van der Waals surface area contributed by atoms with Crippen LogP contribution in [0.3, 0.4) is 0 Å². The van der Waals surface area contributed by atoms with Gasteiger partial charge in [-0.25, -0.2) is 4.79 Å². The topological polar surface area (TPSA) is 35.5 Å². The molecular weight excluding hydrogens is 360 g/mol. The summed E-state index contributed by atoms with van der Waals surface area (Å²) in [5.74, 6) is 0.0628. The number of ether oxygens (including phenoxy) is 1. The van der Waals surface area contributed by atoms with Gasteiger partial charge in [-0.3, -0.25) is 0 Å². The molecule has 0 heterocycles. The van der Waals surface area contributed by atoms with E-state index in [1.54, 1.807) is 12.1 Å². The second-order valence-electron chi connectivity index (χ2n) is 6.12. The van der Waals surface area contributed by atoms with E-state index >= 15 is 0 Å². The van der Waals surface area contributed by atoms with Gasteiger partial charge in [0.05, 0.1) is 12.1 Å². The molecular formula is C14H20BrClO3Si. The van der Waals surface area contributed by atoms with E-state index in [0.717, 1.165) is 0 Å². The highest BCUT2D eigenvalue weighted by molar-refractivity contribution is 9.10. The minimum Gasteiger partial charge on any atom is -0.543 e. The first kappa shape index (κ1) is 17.5. The van der Waals surface area contributed by atoms with Crippen molar-refractivity contribution in [1.29, 1.82) is 0 Å². The Bertz CT molecular complexity index is 524. The predicted molar refractivity (Wildman–Crippen MR) is 88.3 cm³/mol. The maximum Gasteiger partial charge on any atom is 0.341 e. The van der Waals surface area contributed by atoms with Crippen LogP contribution in [0, 0.1) is 0 Å². The van der Waals surface area contributed by atoms with E-state index in [1.165, 1.54) is 7.11 Å². The van der Waals surface area contributed by atoms with Gasteiger partial charge < -0.3 is 9.16 Å². The van der Waals surface area contributed by atoms with Gasteiger partial charge in [0.1, 0.15) is 11.3 Å². The van der Waals surface area contributed by atoms with E-state index in [2.05, 4.69) is 49.8 Å². The van der Waals surface area contributed by atoms with E-state index < -0.39 is 14.3 Å². The van der Waals surface area contributed by atoms with Gasteiger partial charge >= 0.3 is 5.97 Å². The summed E-state index contributed by atoms with van der Waals surface area (Å²) in [4.78, 5) is 11.9. The van der Waals surface area contributed by atoms with Crippen molar-refractivity contribution in [3.63, 3.8) is 0 Å². The van der Waals surface area contributed by atoms with Crippen molar-refractivity contribution in [3.05, 3.63) is 27.2 Å². The standard InChI is InChI=1S/C14H20BrClO3Si/c1-14(2,3)20(5,6)19-12-8-10(15)11(16)7-9(12)13(17)18-4/h7-8H,1-6H3. The average molecular weight is 380 g/mol. The molecule has 1 rings (SSSR count). The largest absolute Gasteiger partial charge is 0.543 e. The van der Waals surface area contributed by atoms with Crippen molar-refractivity contribution in [2.24, 2.45) is 0 Å². The van der Waals surface area contributed by atoms with Crippen LogP contribution in [0.5, 0.6) is 5.75 Å². The molecule has 3 nitrogen and oxygen atoms in total. The summed E-state index contributed by atoms with van der Waals surface area (Å²) in [5.41, 5.74) is 0.352. The molecule has 6 heteroatoms. The first-order valence-electron chi connectivity index (χ1n) is 6.26. The van der Waals surface area contributed by atoms with Crippen LogP contribution in [0.2, 0.25) is 23.2 Å². The Morgan fingerprint density at radius 3 is 2.30 bits per heavy atom.